The molecule has 530 valence electrons. The summed E-state index contributed by atoms with van der Waals surface area (Å²) in [5, 5.41) is 57.2. The molecule has 12 fully saturated rings. The number of aromatic nitrogens is 4. The van der Waals surface area contributed by atoms with Crippen LogP contribution >= 0.6 is 0 Å². The standard InChI is InChI=1S/C92H102N8O4/c1-5-63-55-97(37-29-67(63)47-85(97)89(101)77-25-33-93-81-21-13-9-17-73(77)81)51-59-41-60(52-98-38-30-68(64(6-2)56-98)48-86(98)90(102)78-26-34-94-82-22-14-10-18-74(78)82)44-71(43-59)72-45-61(53-99-39-31-69(65(7-3)57-99)49-87(99)91(103)79-27-35-95-83-23-15-11-19-75(79)83)42-62(46-72)54-100-40-32-70(66(8-4)58-100)50-88(100)92(104)80-28-36-96-84-24-16-12-20-76(80)84/h5-28,33-36,41-46,63-70,85-92,101-104H,1-4,29-32,37-40,47-58H2/q+4/t63?,64?,65?,66?,67?,68?,69?,70?,85-,86-,87-,88-,89+,90+,91+,92+,97?,98?,99?,100?/m0/s1. The molecule has 10 aromatic rings. The van der Waals surface area contributed by atoms with Crippen molar-refractivity contribution in [3.05, 3.63) is 278 Å². The van der Waals surface area contributed by atoms with Gasteiger partial charge in [-0.05, 0) is 142 Å². The SMILES string of the molecule is C=CC1C[N+]2(Cc3cc(C[N+]45CCC(C[C@H]4[C@H](O)c4ccnc6ccccc46)C(C=C)C5)cc(-c4cc(C[N+]56CCC(C[C@H]5[C@H](O)c5ccnc7ccccc57)C(C=C)C6)cc(C[N+]56CCC(C[C@H]5[C@H](O)c5ccnc7ccccc57)C(C=C)C6)c4)c3)CCC1C[C@H]2[C@H](O)c1ccnc2ccccc12. The number of aliphatic hydroxyl groups is 4. The summed E-state index contributed by atoms with van der Waals surface area (Å²) in [6.07, 6.45) is 21.4. The molecule has 12 aliphatic rings. The van der Waals surface area contributed by atoms with Crippen LogP contribution in [-0.4, -0.2) is 135 Å². The van der Waals surface area contributed by atoms with Crippen LogP contribution in [0.1, 0.15) is 120 Å². The van der Waals surface area contributed by atoms with Crippen molar-refractivity contribution in [1.82, 2.24) is 19.9 Å². The number of piperidine rings is 12. The highest BCUT2D eigenvalue weighted by Crippen LogP contribution is 2.54. The summed E-state index contributed by atoms with van der Waals surface area (Å²) in [7, 11) is 0. The minimum absolute atomic E-state index is 0.0604. The first-order chi connectivity index (χ1) is 50.8. The Hall–Kier alpha value is -8.40. The van der Waals surface area contributed by atoms with E-state index >= 15 is 0 Å². The summed E-state index contributed by atoms with van der Waals surface area (Å²) in [6, 6.07) is 56.4. The smallest absolute Gasteiger partial charge is 0.131 e. The van der Waals surface area contributed by atoms with Crippen LogP contribution in [0.4, 0.5) is 0 Å². The number of rotatable bonds is 21. The van der Waals surface area contributed by atoms with Crippen LogP contribution in [0.5, 0.6) is 0 Å². The van der Waals surface area contributed by atoms with Crippen molar-refractivity contribution in [2.24, 2.45) is 47.3 Å². The second-order valence-electron chi connectivity index (χ2n) is 33.7. The molecule has 0 spiro atoms. The fraction of sp³-hybridized carbons (Fsp3) is 0.391. The van der Waals surface area contributed by atoms with Gasteiger partial charge in [0.15, 0.2) is 0 Å². The van der Waals surface area contributed by atoms with Crippen LogP contribution in [-0.2, 0) is 26.2 Å². The molecule has 12 aliphatic heterocycles. The van der Waals surface area contributed by atoms with Gasteiger partial charge in [-0.3, -0.25) is 19.9 Å². The van der Waals surface area contributed by atoms with Crippen LogP contribution in [0.15, 0.2) is 233 Å². The van der Waals surface area contributed by atoms with Crippen LogP contribution in [0, 0.1) is 47.3 Å². The molecular weight excluding hydrogens is 1280 g/mol. The first kappa shape index (κ1) is 67.5. The molecule has 0 saturated carbocycles. The highest BCUT2D eigenvalue weighted by molar-refractivity contribution is 5.85. The van der Waals surface area contributed by atoms with Crippen molar-refractivity contribution in [2.75, 3.05) is 52.4 Å². The Kier molecular flexibility index (Phi) is 17.4. The Morgan fingerprint density at radius 2 is 0.558 bits per heavy atom. The second kappa shape index (κ2) is 26.9. The summed E-state index contributed by atoms with van der Waals surface area (Å²) in [5.41, 5.74) is 14.8. The number of hydrogen-bond acceptors (Lipinski definition) is 8. The Labute approximate surface area is 613 Å². The van der Waals surface area contributed by atoms with Crippen molar-refractivity contribution in [2.45, 2.75) is 126 Å². The third kappa shape index (κ3) is 11.6. The van der Waals surface area contributed by atoms with E-state index in [0.717, 1.165) is 214 Å². The van der Waals surface area contributed by atoms with E-state index < -0.39 is 24.4 Å². The fourth-order valence-electron chi connectivity index (χ4n) is 23.5. The van der Waals surface area contributed by atoms with Gasteiger partial charge in [0.1, 0.15) is 74.8 Å². The van der Waals surface area contributed by atoms with Crippen LogP contribution < -0.4 is 0 Å². The first-order valence-electron chi connectivity index (χ1n) is 39.0. The molecule has 0 radical (unpaired) electrons. The number of hydrogen-bond donors (Lipinski definition) is 4. The van der Waals surface area contributed by atoms with E-state index in [1.165, 1.54) is 33.4 Å². The maximum atomic E-state index is 13.3. The molecule has 0 amide bonds. The Morgan fingerprint density at radius 1 is 0.327 bits per heavy atom. The van der Waals surface area contributed by atoms with Gasteiger partial charge < -0.3 is 38.4 Å². The molecule has 4 N–H and O–H groups in total. The lowest BCUT2D eigenvalue weighted by Gasteiger charge is -2.58. The molecule has 22 rings (SSSR count). The largest absolute Gasteiger partial charge is 0.382 e. The lowest BCUT2D eigenvalue weighted by molar-refractivity contribution is -0.985. The van der Waals surface area contributed by atoms with Crippen LogP contribution in [0.25, 0.3) is 54.7 Å². The van der Waals surface area contributed by atoms with Gasteiger partial charge in [-0.2, -0.15) is 0 Å². The number of aliphatic hydroxyl groups excluding tert-OH is 4. The Morgan fingerprint density at radius 3 is 0.788 bits per heavy atom. The third-order valence-electron chi connectivity index (χ3n) is 28.6. The average molecular weight is 1380 g/mol. The van der Waals surface area contributed by atoms with Gasteiger partial charge in [-0.15, -0.1) is 26.3 Å². The minimum atomic E-state index is -0.714. The number of para-hydroxylation sites is 4. The van der Waals surface area contributed by atoms with E-state index in [9.17, 15) is 20.4 Å². The molecule has 0 aliphatic carbocycles. The molecule has 6 aromatic carbocycles. The number of quaternary nitrogens is 4. The van der Waals surface area contributed by atoms with Gasteiger partial charge in [0.2, 0.25) is 0 Å². The number of benzene rings is 6. The van der Waals surface area contributed by atoms with E-state index in [1.807, 2.05) is 49.1 Å². The predicted octanol–water partition coefficient (Wildman–Crippen LogP) is 16.1. The van der Waals surface area contributed by atoms with Crippen LogP contribution in [0.3, 0.4) is 0 Å². The third-order valence-corrected chi connectivity index (χ3v) is 28.6. The van der Waals surface area contributed by atoms with E-state index in [4.69, 9.17) is 19.9 Å². The molecule has 8 bridgehead atoms. The lowest BCUT2D eigenvalue weighted by Crippen LogP contribution is -2.67. The van der Waals surface area contributed by atoms with Gasteiger partial charge in [0, 0.05) is 144 Å². The summed E-state index contributed by atoms with van der Waals surface area (Å²) >= 11 is 0. The molecule has 4 aromatic heterocycles. The molecule has 16 heterocycles. The highest BCUT2D eigenvalue weighted by atomic mass is 16.3. The monoisotopic (exact) mass is 1380 g/mol. The predicted molar refractivity (Wildman–Crippen MR) is 414 cm³/mol. The topological polar surface area (TPSA) is 132 Å². The zero-order valence-corrected chi connectivity index (χ0v) is 60.2. The van der Waals surface area contributed by atoms with Crippen molar-refractivity contribution >= 4 is 43.6 Å². The van der Waals surface area contributed by atoms with Crippen molar-refractivity contribution in [1.29, 1.82) is 0 Å². The summed E-state index contributed by atoms with van der Waals surface area (Å²) in [6.45, 7) is 28.4. The number of pyridine rings is 4. The zero-order chi connectivity index (χ0) is 70.6. The normalized spacial score (nSPS) is 32.3. The van der Waals surface area contributed by atoms with Crippen molar-refractivity contribution < 1.29 is 38.4 Å². The van der Waals surface area contributed by atoms with Gasteiger partial charge in [0.05, 0.1) is 74.4 Å². The summed E-state index contributed by atoms with van der Waals surface area (Å²) < 4.78 is 3.00. The van der Waals surface area contributed by atoms with E-state index in [2.05, 4.69) is 184 Å². The van der Waals surface area contributed by atoms with Crippen molar-refractivity contribution in [3.8, 4) is 11.1 Å². The minimum Gasteiger partial charge on any atom is -0.382 e. The number of fused-ring (bicyclic) bond motifs is 16. The second-order valence-corrected chi connectivity index (χ2v) is 33.7. The van der Waals surface area contributed by atoms with Crippen LogP contribution in [0.2, 0.25) is 0 Å². The molecule has 12 unspecified atom stereocenters. The van der Waals surface area contributed by atoms with Gasteiger partial charge in [0.25, 0.3) is 0 Å². The molecule has 12 nitrogen and oxygen atoms in total. The molecular formula is C92H102N8O4+4. The maximum absolute atomic E-state index is 13.3. The van der Waals surface area contributed by atoms with Gasteiger partial charge in [-0.25, -0.2) is 0 Å². The molecule has 12 saturated heterocycles. The Balaban J connectivity index is 0.812. The van der Waals surface area contributed by atoms with E-state index in [1.54, 1.807) is 0 Å². The molecule has 104 heavy (non-hydrogen) atoms. The van der Waals surface area contributed by atoms with Gasteiger partial charge >= 0.3 is 0 Å². The number of nitrogens with zero attached hydrogens (tertiary/aromatic N) is 8. The highest BCUT2D eigenvalue weighted by Gasteiger charge is 2.59. The van der Waals surface area contributed by atoms with Crippen molar-refractivity contribution in [3.63, 3.8) is 0 Å². The molecule has 20 atom stereocenters. The average Bonchev–Trinajstić information content (AvgIpc) is 0.743. The maximum Gasteiger partial charge on any atom is 0.131 e. The Bertz CT molecular complexity index is 4350. The summed E-state index contributed by atoms with van der Waals surface area (Å²) in [4.78, 5) is 19.1. The lowest BCUT2D eigenvalue weighted by atomic mass is 9.70. The zero-order valence-electron chi connectivity index (χ0n) is 60.2. The summed E-state index contributed by atoms with van der Waals surface area (Å²) in [5.74, 6) is 3.02. The van der Waals surface area contributed by atoms with E-state index in [-0.39, 0.29) is 24.2 Å². The van der Waals surface area contributed by atoms with E-state index in [0.29, 0.717) is 47.3 Å². The first-order valence-corrected chi connectivity index (χ1v) is 39.0. The van der Waals surface area contributed by atoms with Gasteiger partial charge in [-0.1, -0.05) is 97.1 Å². The fourth-order valence-corrected chi connectivity index (χ4v) is 23.5. The quantitative estimate of drug-likeness (QED) is 0.0413. The molecule has 12 heteroatoms.